The van der Waals surface area contributed by atoms with E-state index in [1.807, 2.05) is 0 Å². The molecule has 1 aromatic rings. The molecule has 1 fully saturated rings. The summed E-state index contributed by atoms with van der Waals surface area (Å²) in [5, 5.41) is 0. The number of piperazine rings is 1. The first-order valence-corrected chi connectivity index (χ1v) is 6.78. The van der Waals surface area contributed by atoms with E-state index in [0.29, 0.717) is 6.04 Å². The van der Waals surface area contributed by atoms with Crippen LogP contribution in [0.15, 0.2) is 12.1 Å². The summed E-state index contributed by atoms with van der Waals surface area (Å²) >= 11 is 0. The summed E-state index contributed by atoms with van der Waals surface area (Å²) in [6, 6.07) is 5.08. The number of rotatable bonds is 0. The SMILES string of the molecule is Cc1cc(C)c2c(c1)COCC1CN(C)CCN21. The maximum atomic E-state index is 5.88. The Hall–Kier alpha value is -1.06. The summed E-state index contributed by atoms with van der Waals surface area (Å²) in [4.78, 5) is 4.97. The van der Waals surface area contributed by atoms with E-state index in [-0.39, 0.29) is 0 Å². The molecule has 98 valence electrons. The Labute approximate surface area is 109 Å². The van der Waals surface area contributed by atoms with Gasteiger partial charge in [0.15, 0.2) is 0 Å². The molecule has 2 aliphatic heterocycles. The lowest BCUT2D eigenvalue weighted by Gasteiger charge is -2.41. The molecule has 0 N–H and O–H groups in total. The lowest BCUT2D eigenvalue weighted by molar-refractivity contribution is 0.0959. The van der Waals surface area contributed by atoms with E-state index in [1.54, 1.807) is 0 Å². The Balaban J connectivity index is 2.03. The van der Waals surface area contributed by atoms with Crippen LogP contribution >= 0.6 is 0 Å². The second-order valence-electron chi connectivity index (χ2n) is 5.71. The van der Waals surface area contributed by atoms with Crippen LogP contribution in [0.4, 0.5) is 5.69 Å². The summed E-state index contributed by atoms with van der Waals surface area (Å²) in [6.07, 6.45) is 0. The van der Waals surface area contributed by atoms with Gasteiger partial charge in [-0.1, -0.05) is 17.7 Å². The van der Waals surface area contributed by atoms with E-state index in [0.717, 1.165) is 32.8 Å². The van der Waals surface area contributed by atoms with Crippen LogP contribution in [-0.4, -0.2) is 44.2 Å². The summed E-state index contributed by atoms with van der Waals surface area (Å²) in [6.45, 7) is 9.36. The van der Waals surface area contributed by atoms with Crippen molar-refractivity contribution in [2.45, 2.75) is 26.5 Å². The van der Waals surface area contributed by atoms with E-state index < -0.39 is 0 Å². The van der Waals surface area contributed by atoms with Crippen LogP contribution in [0.5, 0.6) is 0 Å². The average molecular weight is 246 g/mol. The minimum absolute atomic E-state index is 0.506. The predicted molar refractivity (Wildman–Crippen MR) is 74.2 cm³/mol. The molecule has 1 unspecified atom stereocenters. The zero-order chi connectivity index (χ0) is 12.7. The van der Waals surface area contributed by atoms with Crippen LogP contribution < -0.4 is 4.90 Å². The highest BCUT2D eigenvalue weighted by Gasteiger charge is 2.30. The van der Waals surface area contributed by atoms with Crippen LogP contribution in [0, 0.1) is 13.8 Å². The van der Waals surface area contributed by atoms with Crippen molar-refractivity contribution in [3.63, 3.8) is 0 Å². The third-order valence-electron chi connectivity index (χ3n) is 4.06. The summed E-state index contributed by atoms with van der Waals surface area (Å²) in [7, 11) is 2.20. The van der Waals surface area contributed by atoms with Crippen molar-refractivity contribution in [2.24, 2.45) is 0 Å². The Kier molecular flexibility index (Phi) is 3.04. The smallest absolute Gasteiger partial charge is 0.0738 e. The van der Waals surface area contributed by atoms with E-state index >= 15 is 0 Å². The highest BCUT2D eigenvalue weighted by Crippen LogP contribution is 2.32. The van der Waals surface area contributed by atoms with Gasteiger partial charge >= 0.3 is 0 Å². The molecule has 0 bridgehead atoms. The monoisotopic (exact) mass is 246 g/mol. The highest BCUT2D eigenvalue weighted by molar-refractivity contribution is 5.62. The van der Waals surface area contributed by atoms with Gasteiger partial charge in [-0.25, -0.2) is 0 Å². The van der Waals surface area contributed by atoms with Crippen molar-refractivity contribution in [2.75, 3.05) is 38.2 Å². The first-order valence-electron chi connectivity index (χ1n) is 6.78. The standard InChI is InChI=1S/C15H22N2O/c1-11-6-12(2)15-13(7-11)9-18-10-14-8-16(3)4-5-17(14)15/h6-7,14H,4-5,8-10H2,1-3H3. The first-order chi connectivity index (χ1) is 8.65. The second kappa shape index (κ2) is 4.56. The van der Waals surface area contributed by atoms with Gasteiger partial charge in [0.05, 0.1) is 19.3 Å². The van der Waals surface area contributed by atoms with Crippen molar-refractivity contribution in [1.29, 1.82) is 0 Å². The predicted octanol–water partition coefficient (Wildman–Crippen LogP) is 1.95. The van der Waals surface area contributed by atoms with Gasteiger partial charge in [-0.05, 0) is 26.5 Å². The molecule has 1 atom stereocenters. The van der Waals surface area contributed by atoms with Gasteiger partial charge in [0.1, 0.15) is 0 Å². The van der Waals surface area contributed by atoms with E-state index in [1.165, 1.54) is 22.4 Å². The maximum Gasteiger partial charge on any atom is 0.0738 e. The zero-order valence-corrected chi connectivity index (χ0v) is 11.6. The third kappa shape index (κ3) is 2.02. The normalized spacial score (nSPS) is 24.4. The molecule has 0 radical (unpaired) electrons. The minimum Gasteiger partial charge on any atom is -0.375 e. The topological polar surface area (TPSA) is 15.7 Å². The minimum atomic E-state index is 0.506. The van der Waals surface area contributed by atoms with Crippen LogP contribution in [0.25, 0.3) is 0 Å². The summed E-state index contributed by atoms with van der Waals surface area (Å²) in [5.41, 5.74) is 5.52. The number of hydrogen-bond donors (Lipinski definition) is 0. The molecule has 3 nitrogen and oxygen atoms in total. The molecule has 3 rings (SSSR count). The molecule has 1 aromatic carbocycles. The van der Waals surface area contributed by atoms with Gasteiger partial charge in [0.25, 0.3) is 0 Å². The maximum absolute atomic E-state index is 5.88. The quantitative estimate of drug-likeness (QED) is 0.696. The van der Waals surface area contributed by atoms with Crippen LogP contribution in [0.1, 0.15) is 16.7 Å². The molecule has 2 aliphatic rings. The van der Waals surface area contributed by atoms with Gasteiger partial charge < -0.3 is 14.5 Å². The number of nitrogens with zero attached hydrogens (tertiary/aromatic N) is 2. The lowest BCUT2D eigenvalue weighted by Crippen LogP contribution is -2.53. The van der Waals surface area contributed by atoms with E-state index in [4.69, 9.17) is 4.74 Å². The Morgan fingerprint density at radius 2 is 2.06 bits per heavy atom. The zero-order valence-electron chi connectivity index (χ0n) is 11.6. The summed E-state index contributed by atoms with van der Waals surface area (Å²) < 4.78 is 5.88. The molecule has 0 aromatic heterocycles. The van der Waals surface area contributed by atoms with Gasteiger partial charge in [0.2, 0.25) is 0 Å². The fourth-order valence-electron chi connectivity index (χ4n) is 3.32. The highest BCUT2D eigenvalue weighted by atomic mass is 16.5. The lowest BCUT2D eigenvalue weighted by atomic mass is 10.0. The van der Waals surface area contributed by atoms with Crippen molar-refractivity contribution >= 4 is 5.69 Å². The number of likely N-dealkylation sites (N-methyl/N-ethyl adjacent to an activating group) is 1. The molecule has 0 saturated carbocycles. The fraction of sp³-hybridized carbons (Fsp3) is 0.600. The summed E-state index contributed by atoms with van der Waals surface area (Å²) in [5.74, 6) is 0. The van der Waals surface area contributed by atoms with Crippen molar-refractivity contribution < 1.29 is 4.74 Å². The number of aryl methyl sites for hydroxylation is 2. The fourth-order valence-corrected chi connectivity index (χ4v) is 3.32. The van der Waals surface area contributed by atoms with Gasteiger partial charge in [-0.15, -0.1) is 0 Å². The Bertz CT molecular complexity index is 458. The number of anilines is 1. The molecule has 0 aliphatic carbocycles. The average Bonchev–Trinajstić information content (AvgIpc) is 2.47. The van der Waals surface area contributed by atoms with Crippen molar-refractivity contribution in [1.82, 2.24) is 4.90 Å². The first kappa shape index (κ1) is 12.0. The van der Waals surface area contributed by atoms with Crippen LogP contribution in [0.3, 0.4) is 0 Å². The van der Waals surface area contributed by atoms with E-state index in [2.05, 4.69) is 42.8 Å². The molecule has 3 heteroatoms. The number of hydrogen-bond acceptors (Lipinski definition) is 3. The molecular formula is C15H22N2O. The van der Waals surface area contributed by atoms with Gasteiger partial charge in [-0.2, -0.15) is 0 Å². The third-order valence-corrected chi connectivity index (χ3v) is 4.06. The molecular weight excluding hydrogens is 224 g/mol. The van der Waals surface area contributed by atoms with Crippen LogP contribution in [-0.2, 0) is 11.3 Å². The second-order valence-corrected chi connectivity index (χ2v) is 5.71. The number of ether oxygens (including phenoxy) is 1. The molecule has 1 saturated heterocycles. The van der Waals surface area contributed by atoms with E-state index in [9.17, 15) is 0 Å². The van der Waals surface area contributed by atoms with Crippen LogP contribution in [0.2, 0.25) is 0 Å². The molecule has 2 heterocycles. The largest absolute Gasteiger partial charge is 0.375 e. The van der Waals surface area contributed by atoms with Gasteiger partial charge in [0, 0.05) is 30.9 Å². The number of benzene rings is 1. The Morgan fingerprint density at radius 1 is 1.22 bits per heavy atom. The molecule has 0 amide bonds. The van der Waals surface area contributed by atoms with Gasteiger partial charge in [-0.3, -0.25) is 0 Å². The molecule has 0 spiro atoms. The van der Waals surface area contributed by atoms with Crippen molar-refractivity contribution in [3.05, 3.63) is 28.8 Å². The number of fused-ring (bicyclic) bond motifs is 3. The van der Waals surface area contributed by atoms with Crippen molar-refractivity contribution in [3.8, 4) is 0 Å². The molecule has 18 heavy (non-hydrogen) atoms. The Morgan fingerprint density at radius 3 is 2.89 bits per heavy atom.